The number of carbonyl (C=O) groups excluding carboxylic acids is 3. The third-order valence-electron chi connectivity index (χ3n) is 2.30. The molecule has 1 fully saturated rings. The first-order valence-corrected chi connectivity index (χ1v) is 4.60. The van der Waals surface area contributed by atoms with E-state index >= 15 is 0 Å². The summed E-state index contributed by atoms with van der Waals surface area (Å²) >= 11 is 0. The molecule has 0 aromatic carbocycles. The summed E-state index contributed by atoms with van der Waals surface area (Å²) in [5, 5.41) is 2.50. The largest absolute Gasteiger partial charge is 0.344 e. The average Bonchev–Trinajstić information content (AvgIpc) is 2.22. The maximum Gasteiger partial charge on any atom is 0.323 e. The Hall–Kier alpha value is -1.63. The quantitative estimate of drug-likeness (QED) is 0.198. The van der Waals surface area contributed by atoms with Crippen LogP contribution in [0.1, 0.15) is 12.8 Å². The molecule has 0 saturated carbocycles. The fourth-order valence-corrected chi connectivity index (χ4v) is 1.45. The van der Waals surface area contributed by atoms with Crippen molar-refractivity contribution in [1.82, 2.24) is 15.6 Å². The number of hydrogen-bond donors (Lipinski definition) is 3. The smallest absolute Gasteiger partial charge is 0.323 e. The van der Waals surface area contributed by atoms with Gasteiger partial charge < -0.3 is 10.2 Å². The number of carbonyl (C=O) groups is 3. The first-order chi connectivity index (χ1) is 7.04. The Bertz CT molecular complexity index is 292. The molecule has 1 unspecified atom stereocenters. The zero-order chi connectivity index (χ0) is 11.4. The molecule has 0 aliphatic carbocycles. The van der Waals surface area contributed by atoms with Crippen molar-refractivity contribution in [3.8, 4) is 0 Å². The first-order valence-electron chi connectivity index (χ1n) is 4.60. The van der Waals surface area contributed by atoms with Gasteiger partial charge in [0.2, 0.25) is 5.91 Å². The molecule has 0 spiro atoms. The van der Waals surface area contributed by atoms with E-state index in [9.17, 15) is 14.4 Å². The predicted octanol–water partition coefficient (Wildman–Crippen LogP) is -2.29. The van der Waals surface area contributed by atoms with Crippen molar-refractivity contribution in [2.75, 3.05) is 13.6 Å². The zero-order valence-corrected chi connectivity index (χ0v) is 8.45. The van der Waals surface area contributed by atoms with Crippen LogP contribution >= 0.6 is 0 Å². The zero-order valence-electron chi connectivity index (χ0n) is 8.45. The SMILES string of the molecule is CN1CC(NC(=O)C(=O)NN)CCC1=O. The summed E-state index contributed by atoms with van der Waals surface area (Å²) in [7, 11) is 1.66. The van der Waals surface area contributed by atoms with Crippen molar-refractivity contribution in [3.63, 3.8) is 0 Å². The molecule has 0 bridgehead atoms. The minimum absolute atomic E-state index is 0.0452. The highest BCUT2D eigenvalue weighted by Crippen LogP contribution is 2.09. The first kappa shape index (κ1) is 11.4. The fourth-order valence-electron chi connectivity index (χ4n) is 1.45. The number of nitrogens with zero attached hydrogens (tertiary/aromatic N) is 1. The van der Waals surface area contributed by atoms with Gasteiger partial charge in [0.05, 0.1) is 0 Å². The van der Waals surface area contributed by atoms with Crippen LogP contribution in [0, 0.1) is 0 Å². The Balaban J connectivity index is 2.43. The summed E-state index contributed by atoms with van der Waals surface area (Å²) in [5.41, 5.74) is 1.74. The number of likely N-dealkylation sites (tertiary alicyclic amines) is 1. The van der Waals surface area contributed by atoms with Crippen molar-refractivity contribution in [2.24, 2.45) is 5.84 Å². The fraction of sp³-hybridized carbons (Fsp3) is 0.625. The second-order valence-electron chi connectivity index (χ2n) is 3.46. The van der Waals surface area contributed by atoms with E-state index in [0.29, 0.717) is 19.4 Å². The van der Waals surface area contributed by atoms with Gasteiger partial charge in [0.1, 0.15) is 0 Å². The van der Waals surface area contributed by atoms with Crippen LogP contribution in [0.2, 0.25) is 0 Å². The number of hydrogen-bond acceptors (Lipinski definition) is 4. The van der Waals surface area contributed by atoms with Crippen LogP contribution in [-0.4, -0.2) is 42.3 Å². The maximum atomic E-state index is 11.1. The maximum absolute atomic E-state index is 11.1. The Labute approximate surface area is 86.9 Å². The van der Waals surface area contributed by atoms with Gasteiger partial charge >= 0.3 is 11.8 Å². The molecule has 15 heavy (non-hydrogen) atoms. The number of rotatable bonds is 1. The Kier molecular flexibility index (Phi) is 3.62. The van der Waals surface area contributed by atoms with Gasteiger partial charge in [-0.1, -0.05) is 0 Å². The lowest BCUT2D eigenvalue weighted by Crippen LogP contribution is -2.52. The highest BCUT2D eigenvalue weighted by molar-refractivity contribution is 6.34. The number of likely N-dealkylation sites (N-methyl/N-ethyl adjacent to an activating group) is 1. The lowest BCUT2D eigenvalue weighted by atomic mass is 10.1. The van der Waals surface area contributed by atoms with Crippen molar-refractivity contribution in [2.45, 2.75) is 18.9 Å². The van der Waals surface area contributed by atoms with Crippen LogP contribution in [0.25, 0.3) is 0 Å². The van der Waals surface area contributed by atoms with Gasteiger partial charge in [-0.15, -0.1) is 0 Å². The standard InChI is InChI=1S/C8H14N4O3/c1-12-4-5(2-3-6(12)13)10-7(14)8(15)11-9/h5H,2-4,9H2,1H3,(H,10,14)(H,11,15). The van der Waals surface area contributed by atoms with Crippen LogP contribution in [0.5, 0.6) is 0 Å². The monoisotopic (exact) mass is 214 g/mol. The summed E-state index contributed by atoms with van der Waals surface area (Å²) in [6.45, 7) is 0.419. The van der Waals surface area contributed by atoms with E-state index in [1.54, 1.807) is 12.5 Å². The molecular formula is C8H14N4O3. The minimum Gasteiger partial charge on any atom is -0.344 e. The van der Waals surface area contributed by atoms with E-state index in [1.807, 2.05) is 0 Å². The van der Waals surface area contributed by atoms with Crippen LogP contribution in [-0.2, 0) is 14.4 Å². The lowest BCUT2D eigenvalue weighted by Gasteiger charge is -2.29. The molecule has 1 aliphatic heterocycles. The molecule has 4 N–H and O–H groups in total. The topological polar surface area (TPSA) is 105 Å². The Morgan fingerprint density at radius 3 is 2.67 bits per heavy atom. The molecular weight excluding hydrogens is 200 g/mol. The summed E-state index contributed by atoms with van der Waals surface area (Å²) in [6, 6.07) is -0.183. The Morgan fingerprint density at radius 1 is 1.47 bits per heavy atom. The third-order valence-corrected chi connectivity index (χ3v) is 2.30. The molecule has 0 aromatic heterocycles. The average molecular weight is 214 g/mol. The van der Waals surface area contributed by atoms with Gasteiger partial charge in [0.25, 0.3) is 0 Å². The van der Waals surface area contributed by atoms with Crippen molar-refractivity contribution in [1.29, 1.82) is 0 Å². The van der Waals surface area contributed by atoms with Gasteiger partial charge in [-0.05, 0) is 6.42 Å². The van der Waals surface area contributed by atoms with Gasteiger partial charge in [-0.2, -0.15) is 0 Å². The molecule has 1 atom stereocenters. The highest BCUT2D eigenvalue weighted by Gasteiger charge is 2.25. The third kappa shape index (κ3) is 2.91. The van der Waals surface area contributed by atoms with Crippen molar-refractivity contribution >= 4 is 17.7 Å². The molecule has 1 rings (SSSR count). The summed E-state index contributed by atoms with van der Waals surface area (Å²) in [6.07, 6.45) is 0.929. The summed E-state index contributed by atoms with van der Waals surface area (Å²) in [5.74, 6) is 3.19. The molecule has 3 amide bonds. The number of hydrazine groups is 1. The number of amides is 3. The lowest BCUT2D eigenvalue weighted by molar-refractivity contribution is -0.140. The van der Waals surface area contributed by atoms with Crippen LogP contribution in [0.3, 0.4) is 0 Å². The number of piperidine rings is 1. The van der Waals surface area contributed by atoms with Crippen LogP contribution in [0.15, 0.2) is 0 Å². The molecule has 1 saturated heterocycles. The molecule has 7 nitrogen and oxygen atoms in total. The second-order valence-corrected chi connectivity index (χ2v) is 3.46. The van der Waals surface area contributed by atoms with Crippen LogP contribution in [0.4, 0.5) is 0 Å². The van der Waals surface area contributed by atoms with E-state index in [1.165, 1.54) is 4.90 Å². The Morgan fingerprint density at radius 2 is 2.13 bits per heavy atom. The van der Waals surface area contributed by atoms with E-state index in [2.05, 4.69) is 5.32 Å². The minimum atomic E-state index is -0.880. The van der Waals surface area contributed by atoms with Crippen LogP contribution < -0.4 is 16.6 Å². The van der Waals surface area contributed by atoms with E-state index < -0.39 is 11.8 Å². The highest BCUT2D eigenvalue weighted by atomic mass is 16.2. The summed E-state index contributed by atoms with van der Waals surface area (Å²) < 4.78 is 0. The van der Waals surface area contributed by atoms with Gasteiger partial charge in [-0.3, -0.25) is 19.8 Å². The summed E-state index contributed by atoms with van der Waals surface area (Å²) in [4.78, 5) is 34.6. The van der Waals surface area contributed by atoms with Gasteiger partial charge in [0.15, 0.2) is 0 Å². The van der Waals surface area contributed by atoms with Crippen molar-refractivity contribution < 1.29 is 14.4 Å². The van der Waals surface area contributed by atoms with E-state index in [4.69, 9.17) is 5.84 Å². The molecule has 7 heteroatoms. The molecule has 1 aliphatic rings. The van der Waals surface area contributed by atoms with E-state index in [0.717, 1.165) is 0 Å². The second kappa shape index (κ2) is 4.74. The van der Waals surface area contributed by atoms with E-state index in [-0.39, 0.29) is 11.9 Å². The number of nitrogens with two attached hydrogens (primary N) is 1. The van der Waals surface area contributed by atoms with Gasteiger partial charge in [0, 0.05) is 26.1 Å². The van der Waals surface area contributed by atoms with Gasteiger partial charge in [-0.25, -0.2) is 5.84 Å². The molecule has 0 radical (unpaired) electrons. The van der Waals surface area contributed by atoms with Crippen molar-refractivity contribution in [3.05, 3.63) is 0 Å². The number of nitrogens with one attached hydrogen (secondary N) is 2. The normalized spacial score (nSPS) is 21.1. The predicted molar refractivity (Wildman–Crippen MR) is 51.1 cm³/mol. The molecule has 1 heterocycles. The molecule has 84 valence electrons. The molecule has 0 aromatic rings.